The van der Waals surface area contributed by atoms with E-state index in [2.05, 4.69) is 194 Å². The number of rotatable bonds is 4. The number of furan rings is 1. The van der Waals surface area contributed by atoms with Gasteiger partial charge in [-0.3, -0.25) is 0 Å². The molecule has 1 aromatic heterocycles. The predicted molar refractivity (Wildman–Crippen MR) is 232 cm³/mol. The highest BCUT2D eigenvalue weighted by Gasteiger charge is 2.51. The Morgan fingerprint density at radius 3 is 1.32 bits per heavy atom. The maximum absolute atomic E-state index is 6.39. The summed E-state index contributed by atoms with van der Waals surface area (Å²) in [4.78, 5) is 0. The van der Waals surface area contributed by atoms with Gasteiger partial charge >= 0.3 is 0 Å². The molecule has 0 N–H and O–H groups in total. The van der Waals surface area contributed by atoms with E-state index in [1.807, 2.05) is 12.1 Å². The third-order valence-electron chi connectivity index (χ3n) is 12.3. The predicted octanol–water partition coefficient (Wildman–Crippen LogP) is 14.6. The third-order valence-corrected chi connectivity index (χ3v) is 12.3. The van der Waals surface area contributed by atoms with Gasteiger partial charge in [-0.15, -0.1) is 0 Å². The van der Waals surface area contributed by atoms with Crippen LogP contribution in [-0.4, -0.2) is 0 Å². The summed E-state index contributed by atoms with van der Waals surface area (Å²) < 4.78 is 6.39. The van der Waals surface area contributed by atoms with E-state index in [0.717, 1.165) is 33.1 Å². The van der Waals surface area contributed by atoms with Crippen molar-refractivity contribution in [1.82, 2.24) is 0 Å². The monoisotopic (exact) mass is 710 g/mol. The molecule has 1 nitrogen and oxygen atoms in total. The first-order chi connectivity index (χ1) is 27.7. The number of hydrogen-bond donors (Lipinski definition) is 0. The van der Waals surface area contributed by atoms with Gasteiger partial charge in [0.2, 0.25) is 0 Å². The van der Waals surface area contributed by atoms with Gasteiger partial charge in [-0.05, 0) is 131 Å². The molecule has 2 aliphatic rings. The van der Waals surface area contributed by atoms with Gasteiger partial charge in [0.05, 0.1) is 5.41 Å². The molecule has 0 saturated heterocycles. The van der Waals surface area contributed by atoms with Crippen LogP contribution in [0.5, 0.6) is 0 Å². The molecule has 10 aromatic rings. The van der Waals surface area contributed by atoms with E-state index in [1.165, 1.54) is 77.9 Å². The van der Waals surface area contributed by atoms with Gasteiger partial charge in [-0.25, -0.2) is 0 Å². The van der Waals surface area contributed by atoms with Crippen LogP contribution >= 0.6 is 0 Å². The molecule has 1 spiro atoms. The lowest BCUT2D eigenvalue weighted by Gasteiger charge is -2.30. The SMILES string of the molecule is c1ccc(-c2ccc(-c3cc(-c4ccc5c(c4)C4(c6ccccc6-c6ccccc64)c4ccccc4-5)cc(-c4ccc5c(c4)oc4ccccc45)c3)cc2)cc1. The molecule has 12 rings (SSSR count). The van der Waals surface area contributed by atoms with Gasteiger partial charge in [0, 0.05) is 10.8 Å². The van der Waals surface area contributed by atoms with Gasteiger partial charge in [-0.1, -0.05) is 164 Å². The zero-order valence-electron chi connectivity index (χ0n) is 30.5. The summed E-state index contributed by atoms with van der Waals surface area (Å²) >= 11 is 0. The minimum Gasteiger partial charge on any atom is -0.456 e. The zero-order valence-corrected chi connectivity index (χ0v) is 30.5. The second kappa shape index (κ2) is 11.9. The van der Waals surface area contributed by atoms with Crippen LogP contribution in [0.2, 0.25) is 0 Å². The summed E-state index contributed by atoms with van der Waals surface area (Å²) in [5.41, 5.74) is 21.6. The van der Waals surface area contributed by atoms with Crippen LogP contribution in [0.15, 0.2) is 211 Å². The fourth-order valence-corrected chi connectivity index (χ4v) is 9.79. The molecule has 0 saturated carbocycles. The Hall–Kier alpha value is -7.22. The largest absolute Gasteiger partial charge is 0.456 e. The van der Waals surface area contributed by atoms with Crippen molar-refractivity contribution in [2.75, 3.05) is 0 Å². The summed E-state index contributed by atoms with van der Waals surface area (Å²) in [6.07, 6.45) is 0. The second-order valence-electron chi connectivity index (χ2n) is 15.2. The van der Waals surface area contributed by atoms with Crippen molar-refractivity contribution in [3.05, 3.63) is 229 Å². The van der Waals surface area contributed by atoms with Crippen molar-refractivity contribution < 1.29 is 4.42 Å². The van der Waals surface area contributed by atoms with Crippen molar-refractivity contribution in [2.24, 2.45) is 0 Å². The van der Waals surface area contributed by atoms with E-state index in [4.69, 9.17) is 4.42 Å². The third kappa shape index (κ3) is 4.43. The quantitative estimate of drug-likeness (QED) is 0.177. The highest BCUT2D eigenvalue weighted by atomic mass is 16.3. The summed E-state index contributed by atoms with van der Waals surface area (Å²) in [6.45, 7) is 0. The molecule has 56 heavy (non-hydrogen) atoms. The Balaban J connectivity index is 1.07. The number of fused-ring (bicyclic) bond motifs is 13. The Morgan fingerprint density at radius 2 is 0.679 bits per heavy atom. The van der Waals surface area contributed by atoms with Crippen molar-refractivity contribution in [2.45, 2.75) is 5.41 Å². The molecule has 1 heteroatoms. The lowest BCUT2D eigenvalue weighted by molar-refractivity contribution is 0.669. The molecular formula is C55H34O. The summed E-state index contributed by atoms with van der Waals surface area (Å²) in [5, 5.41) is 2.28. The molecule has 0 unspecified atom stereocenters. The molecule has 0 bridgehead atoms. The van der Waals surface area contributed by atoms with Gasteiger partial charge in [-0.2, -0.15) is 0 Å². The normalized spacial score (nSPS) is 13.1. The van der Waals surface area contributed by atoms with Crippen molar-refractivity contribution >= 4 is 21.9 Å². The maximum atomic E-state index is 6.39. The first-order valence-corrected chi connectivity index (χ1v) is 19.4. The van der Waals surface area contributed by atoms with Crippen molar-refractivity contribution in [3.8, 4) is 66.8 Å². The Kier molecular flexibility index (Phi) is 6.62. The van der Waals surface area contributed by atoms with Gasteiger partial charge in [0.25, 0.3) is 0 Å². The Bertz CT molecular complexity index is 3120. The van der Waals surface area contributed by atoms with Crippen LogP contribution in [0.1, 0.15) is 22.3 Å². The van der Waals surface area contributed by atoms with E-state index in [-0.39, 0.29) is 0 Å². The molecule has 0 atom stereocenters. The first kappa shape index (κ1) is 31.2. The van der Waals surface area contributed by atoms with Crippen LogP contribution < -0.4 is 0 Å². The lowest BCUT2D eigenvalue weighted by Crippen LogP contribution is -2.25. The molecule has 0 amide bonds. The van der Waals surface area contributed by atoms with Crippen LogP contribution in [0.4, 0.5) is 0 Å². The van der Waals surface area contributed by atoms with E-state index in [9.17, 15) is 0 Å². The molecule has 0 fully saturated rings. The average Bonchev–Trinajstić information content (AvgIpc) is 3.90. The second-order valence-corrected chi connectivity index (χ2v) is 15.2. The topological polar surface area (TPSA) is 13.1 Å². The van der Waals surface area contributed by atoms with Gasteiger partial charge in [0.15, 0.2) is 0 Å². The van der Waals surface area contributed by atoms with Crippen molar-refractivity contribution in [3.63, 3.8) is 0 Å². The fourth-order valence-electron chi connectivity index (χ4n) is 9.79. The van der Waals surface area contributed by atoms with E-state index in [1.54, 1.807) is 0 Å². The molecule has 9 aromatic carbocycles. The van der Waals surface area contributed by atoms with Crippen LogP contribution in [0, 0.1) is 0 Å². The Labute approximate surface area is 325 Å². The van der Waals surface area contributed by atoms with E-state index < -0.39 is 5.41 Å². The smallest absolute Gasteiger partial charge is 0.136 e. The highest BCUT2D eigenvalue weighted by Crippen LogP contribution is 2.63. The van der Waals surface area contributed by atoms with Crippen LogP contribution in [0.25, 0.3) is 88.7 Å². The molecule has 260 valence electrons. The zero-order chi connectivity index (χ0) is 36.8. The summed E-state index contributed by atoms with van der Waals surface area (Å²) in [6, 6.07) is 75.9. The summed E-state index contributed by atoms with van der Waals surface area (Å²) in [7, 11) is 0. The standard InChI is InChI=1S/C55H34O/c1-2-12-35(13-3-1)36-22-24-37(25-23-36)40-30-41(32-42(31-40)39-27-29-48-47-17-7-11-21-53(47)56-54(48)34-39)38-26-28-46-45-16-6-10-20-51(45)55(52(46)33-38)49-18-8-4-14-43(49)44-15-5-9-19-50(44)55/h1-34H. The molecule has 0 radical (unpaired) electrons. The number of hydrogen-bond acceptors (Lipinski definition) is 1. The van der Waals surface area contributed by atoms with Crippen LogP contribution in [-0.2, 0) is 5.41 Å². The molecular weight excluding hydrogens is 677 g/mol. The molecule has 1 heterocycles. The Morgan fingerprint density at radius 1 is 0.250 bits per heavy atom. The van der Waals surface area contributed by atoms with E-state index in [0.29, 0.717) is 0 Å². The molecule has 0 aliphatic heterocycles. The first-order valence-electron chi connectivity index (χ1n) is 19.4. The molecule has 2 aliphatic carbocycles. The highest BCUT2D eigenvalue weighted by molar-refractivity contribution is 6.06. The lowest BCUT2D eigenvalue weighted by atomic mass is 9.70. The average molecular weight is 711 g/mol. The van der Waals surface area contributed by atoms with Crippen LogP contribution in [0.3, 0.4) is 0 Å². The maximum Gasteiger partial charge on any atom is 0.136 e. The minimum absolute atomic E-state index is 0.394. The van der Waals surface area contributed by atoms with Gasteiger partial charge < -0.3 is 4.42 Å². The number of para-hydroxylation sites is 1. The van der Waals surface area contributed by atoms with E-state index >= 15 is 0 Å². The van der Waals surface area contributed by atoms with Crippen molar-refractivity contribution in [1.29, 1.82) is 0 Å². The number of benzene rings is 9. The minimum atomic E-state index is -0.394. The van der Waals surface area contributed by atoms with Gasteiger partial charge in [0.1, 0.15) is 11.2 Å². The fraction of sp³-hybridized carbons (Fsp3) is 0.0182. The summed E-state index contributed by atoms with van der Waals surface area (Å²) in [5.74, 6) is 0.